The molecule has 14 heavy (non-hydrogen) atoms. The second-order valence-corrected chi connectivity index (χ2v) is 3.34. The summed E-state index contributed by atoms with van der Waals surface area (Å²) in [6.07, 6.45) is 5.82. The van der Waals surface area contributed by atoms with Crippen molar-refractivity contribution in [3.8, 4) is 0 Å². The van der Waals surface area contributed by atoms with Crippen LogP contribution in [0.2, 0.25) is 0 Å². The van der Waals surface area contributed by atoms with Crippen LogP contribution in [0.25, 0.3) is 17.1 Å². The second-order valence-electron chi connectivity index (χ2n) is 3.34. The van der Waals surface area contributed by atoms with Crippen LogP contribution in [-0.4, -0.2) is 16.5 Å². The van der Waals surface area contributed by atoms with E-state index in [2.05, 4.69) is 22.1 Å². The summed E-state index contributed by atoms with van der Waals surface area (Å²) in [6.45, 7) is 2.61. The third kappa shape index (κ3) is 1.54. The molecule has 0 bridgehead atoms. The van der Waals surface area contributed by atoms with Gasteiger partial charge >= 0.3 is 0 Å². The lowest BCUT2D eigenvalue weighted by Gasteiger charge is -1.94. The molecule has 0 fully saturated rings. The maximum atomic E-state index is 5.54. The van der Waals surface area contributed by atoms with Crippen LogP contribution in [0.15, 0.2) is 30.1 Å². The molecular weight excluding hydrogens is 174 g/mol. The highest BCUT2D eigenvalue weighted by molar-refractivity contribution is 5.86. The number of fused-ring (bicyclic) bond motifs is 1. The zero-order chi connectivity index (χ0) is 9.97. The minimum absolute atomic E-state index is 0.590. The maximum Gasteiger partial charge on any atom is 0.137 e. The molecule has 3 heteroatoms. The van der Waals surface area contributed by atoms with Gasteiger partial charge in [0.25, 0.3) is 0 Å². The Balaban J connectivity index is 2.53. The largest absolute Gasteiger partial charge is 0.346 e. The summed E-state index contributed by atoms with van der Waals surface area (Å²) in [7, 11) is 0. The summed E-state index contributed by atoms with van der Waals surface area (Å²) in [5, 5.41) is 1.14. The van der Waals surface area contributed by atoms with Gasteiger partial charge in [0, 0.05) is 29.9 Å². The quantitative estimate of drug-likeness (QED) is 0.754. The van der Waals surface area contributed by atoms with Gasteiger partial charge in [0.05, 0.1) is 0 Å². The topological polar surface area (TPSA) is 54.7 Å². The molecule has 0 aliphatic rings. The predicted molar refractivity (Wildman–Crippen MR) is 58.8 cm³/mol. The van der Waals surface area contributed by atoms with Crippen molar-refractivity contribution in [3.63, 3.8) is 0 Å². The molecule has 2 aromatic rings. The highest BCUT2D eigenvalue weighted by Gasteiger charge is 2.00. The molecule has 0 saturated heterocycles. The van der Waals surface area contributed by atoms with Gasteiger partial charge in [-0.2, -0.15) is 0 Å². The van der Waals surface area contributed by atoms with Crippen molar-refractivity contribution in [1.82, 2.24) is 9.97 Å². The number of aromatic nitrogens is 2. The average molecular weight is 187 g/mol. The Hall–Kier alpha value is -1.61. The van der Waals surface area contributed by atoms with Crippen molar-refractivity contribution < 1.29 is 0 Å². The van der Waals surface area contributed by atoms with Crippen LogP contribution in [0.5, 0.6) is 0 Å². The molecule has 0 atom stereocenters. The first kappa shape index (κ1) is 8.97. The normalized spacial score (nSPS) is 12.3. The lowest BCUT2D eigenvalue weighted by molar-refractivity contribution is 1.15. The molecule has 0 amide bonds. The van der Waals surface area contributed by atoms with Crippen LogP contribution in [0.4, 0.5) is 0 Å². The fourth-order valence-electron chi connectivity index (χ4n) is 1.42. The summed E-state index contributed by atoms with van der Waals surface area (Å²) < 4.78 is 0. The van der Waals surface area contributed by atoms with Crippen molar-refractivity contribution >= 4 is 17.1 Å². The molecule has 3 nitrogen and oxygen atoms in total. The number of nitrogens with zero attached hydrogens (tertiary/aromatic N) is 1. The predicted octanol–water partition coefficient (Wildman–Crippen LogP) is 1.92. The van der Waals surface area contributed by atoms with E-state index < -0.39 is 0 Å². The van der Waals surface area contributed by atoms with Crippen LogP contribution >= 0.6 is 0 Å². The number of rotatable bonds is 2. The smallest absolute Gasteiger partial charge is 0.137 e. The summed E-state index contributed by atoms with van der Waals surface area (Å²) in [5.74, 6) is 0. The Labute approximate surface area is 82.7 Å². The van der Waals surface area contributed by atoms with Crippen molar-refractivity contribution in [3.05, 3.63) is 35.7 Å². The van der Waals surface area contributed by atoms with Gasteiger partial charge in [-0.05, 0) is 19.1 Å². The second kappa shape index (κ2) is 3.64. The molecule has 0 radical (unpaired) electrons. The molecule has 3 N–H and O–H groups in total. The maximum absolute atomic E-state index is 5.54. The number of nitrogens with one attached hydrogen (secondary N) is 1. The lowest BCUT2D eigenvalue weighted by Crippen LogP contribution is -1.98. The number of aromatic amines is 1. The number of pyridine rings is 1. The molecule has 0 aliphatic heterocycles. The third-order valence-corrected chi connectivity index (χ3v) is 2.21. The Morgan fingerprint density at radius 3 is 3.29 bits per heavy atom. The lowest BCUT2D eigenvalue weighted by atomic mass is 10.1. The van der Waals surface area contributed by atoms with Gasteiger partial charge in [0.15, 0.2) is 0 Å². The van der Waals surface area contributed by atoms with Gasteiger partial charge in [-0.3, -0.25) is 0 Å². The molecule has 0 saturated carbocycles. The van der Waals surface area contributed by atoms with Gasteiger partial charge in [-0.15, -0.1) is 0 Å². The molecule has 0 unspecified atom stereocenters. The van der Waals surface area contributed by atoms with Crippen LogP contribution in [0.1, 0.15) is 12.5 Å². The zero-order valence-corrected chi connectivity index (χ0v) is 8.12. The molecule has 72 valence electrons. The molecule has 0 spiro atoms. The van der Waals surface area contributed by atoms with E-state index in [0.29, 0.717) is 6.54 Å². The van der Waals surface area contributed by atoms with Crippen LogP contribution in [0, 0.1) is 0 Å². The third-order valence-electron chi connectivity index (χ3n) is 2.21. The molecular formula is C11H13N3. The van der Waals surface area contributed by atoms with Crippen LogP contribution < -0.4 is 5.73 Å². The van der Waals surface area contributed by atoms with Crippen molar-refractivity contribution in [1.29, 1.82) is 0 Å². The summed E-state index contributed by atoms with van der Waals surface area (Å²) in [6, 6.07) is 3.99. The first-order valence-electron chi connectivity index (χ1n) is 4.60. The highest BCUT2D eigenvalue weighted by Crippen LogP contribution is 2.17. The SMILES string of the molecule is C/C(=C/c1c[nH]c2ncccc12)CN. The standard InChI is InChI=1S/C11H13N3/c1-8(6-12)5-9-7-14-11-10(9)3-2-4-13-11/h2-5,7H,6,12H2,1H3,(H,13,14)/b8-5-. The minimum Gasteiger partial charge on any atom is -0.346 e. The van der Waals surface area contributed by atoms with Gasteiger partial charge in [0.1, 0.15) is 5.65 Å². The van der Waals surface area contributed by atoms with E-state index in [1.165, 1.54) is 0 Å². The Morgan fingerprint density at radius 2 is 2.50 bits per heavy atom. The average Bonchev–Trinajstić information content (AvgIpc) is 2.62. The van der Waals surface area contributed by atoms with Gasteiger partial charge < -0.3 is 10.7 Å². The number of nitrogens with two attached hydrogens (primary N) is 1. The Bertz CT molecular complexity index is 468. The van der Waals surface area contributed by atoms with E-state index in [0.717, 1.165) is 22.2 Å². The van der Waals surface area contributed by atoms with Gasteiger partial charge in [0.2, 0.25) is 0 Å². The highest BCUT2D eigenvalue weighted by atomic mass is 14.8. The van der Waals surface area contributed by atoms with Crippen molar-refractivity contribution in [2.75, 3.05) is 6.54 Å². The fourth-order valence-corrected chi connectivity index (χ4v) is 1.42. The van der Waals surface area contributed by atoms with Crippen LogP contribution in [-0.2, 0) is 0 Å². The Kier molecular flexibility index (Phi) is 2.33. The zero-order valence-electron chi connectivity index (χ0n) is 8.12. The molecule has 0 aromatic carbocycles. The monoisotopic (exact) mass is 187 g/mol. The van der Waals surface area contributed by atoms with Gasteiger partial charge in [-0.25, -0.2) is 4.98 Å². The van der Waals surface area contributed by atoms with Gasteiger partial charge in [-0.1, -0.05) is 11.6 Å². The van der Waals surface area contributed by atoms with Crippen LogP contribution in [0.3, 0.4) is 0 Å². The summed E-state index contributed by atoms with van der Waals surface area (Å²) >= 11 is 0. The molecule has 2 rings (SSSR count). The fraction of sp³-hybridized carbons (Fsp3) is 0.182. The summed E-state index contributed by atoms with van der Waals surface area (Å²) in [5.41, 5.74) is 8.77. The number of hydrogen-bond acceptors (Lipinski definition) is 2. The number of H-pyrrole nitrogens is 1. The van der Waals surface area contributed by atoms with E-state index in [4.69, 9.17) is 5.73 Å². The first-order valence-corrected chi connectivity index (χ1v) is 4.60. The first-order chi connectivity index (χ1) is 6.81. The van der Waals surface area contributed by atoms with E-state index in [-0.39, 0.29) is 0 Å². The van der Waals surface area contributed by atoms with E-state index in [1.54, 1.807) is 6.20 Å². The van der Waals surface area contributed by atoms with E-state index in [1.807, 2.05) is 19.2 Å². The van der Waals surface area contributed by atoms with Crippen molar-refractivity contribution in [2.24, 2.45) is 5.73 Å². The van der Waals surface area contributed by atoms with Crippen molar-refractivity contribution in [2.45, 2.75) is 6.92 Å². The van der Waals surface area contributed by atoms with E-state index >= 15 is 0 Å². The Morgan fingerprint density at radius 1 is 1.64 bits per heavy atom. The number of hydrogen-bond donors (Lipinski definition) is 2. The summed E-state index contributed by atoms with van der Waals surface area (Å²) in [4.78, 5) is 7.34. The molecule has 2 aromatic heterocycles. The van der Waals surface area contributed by atoms with E-state index in [9.17, 15) is 0 Å². The molecule has 0 aliphatic carbocycles. The molecule has 2 heterocycles. The minimum atomic E-state index is 0.590.